The van der Waals surface area contributed by atoms with E-state index in [0.717, 1.165) is 12.3 Å². The van der Waals surface area contributed by atoms with Gasteiger partial charge in [-0.3, -0.25) is 4.98 Å². The Bertz CT molecular complexity index is 818. The van der Waals surface area contributed by atoms with Crippen LogP contribution in [0.2, 0.25) is 0 Å². The standard InChI is InChI=1S/C14H9F3N6/c15-14(16,17)11-2-1-8(5-20-11)12-9(6-21-13(18)23-12)10-3-4-19-7-22-10/h1-7H,(H2,18,21,23). The van der Waals surface area contributed by atoms with E-state index < -0.39 is 11.9 Å². The minimum atomic E-state index is -4.50. The Hall–Kier alpha value is -3.10. The van der Waals surface area contributed by atoms with E-state index in [1.165, 1.54) is 24.8 Å². The molecule has 2 N–H and O–H groups in total. The Morgan fingerprint density at radius 1 is 0.957 bits per heavy atom. The number of nitrogen functional groups attached to an aromatic ring is 1. The van der Waals surface area contributed by atoms with E-state index >= 15 is 0 Å². The van der Waals surface area contributed by atoms with E-state index in [2.05, 4.69) is 24.9 Å². The molecule has 9 heteroatoms. The average molecular weight is 318 g/mol. The fourth-order valence-electron chi connectivity index (χ4n) is 1.95. The lowest BCUT2D eigenvalue weighted by atomic mass is 10.1. The van der Waals surface area contributed by atoms with Crippen molar-refractivity contribution in [1.29, 1.82) is 0 Å². The zero-order valence-electron chi connectivity index (χ0n) is 11.5. The average Bonchev–Trinajstić information content (AvgIpc) is 2.55. The number of nitrogens with two attached hydrogens (primary N) is 1. The highest BCUT2D eigenvalue weighted by Gasteiger charge is 2.32. The number of nitrogens with zero attached hydrogens (tertiary/aromatic N) is 5. The highest BCUT2D eigenvalue weighted by molar-refractivity contribution is 5.78. The minimum absolute atomic E-state index is 0.00213. The second-order valence-corrected chi connectivity index (χ2v) is 4.51. The second-order valence-electron chi connectivity index (χ2n) is 4.51. The van der Waals surface area contributed by atoms with Gasteiger partial charge in [-0.05, 0) is 18.2 Å². The summed E-state index contributed by atoms with van der Waals surface area (Å²) in [6, 6.07) is 3.80. The third kappa shape index (κ3) is 3.07. The number of hydrogen-bond donors (Lipinski definition) is 1. The van der Waals surface area contributed by atoms with E-state index in [1.54, 1.807) is 6.07 Å². The Kier molecular flexibility index (Phi) is 3.61. The van der Waals surface area contributed by atoms with E-state index in [1.807, 2.05) is 0 Å². The third-order valence-corrected chi connectivity index (χ3v) is 2.99. The van der Waals surface area contributed by atoms with Gasteiger partial charge in [-0.15, -0.1) is 0 Å². The van der Waals surface area contributed by atoms with Crippen LogP contribution in [-0.2, 0) is 6.18 Å². The van der Waals surface area contributed by atoms with E-state index in [4.69, 9.17) is 5.73 Å². The van der Waals surface area contributed by atoms with Crippen LogP contribution in [0.1, 0.15) is 5.69 Å². The van der Waals surface area contributed by atoms with Crippen LogP contribution in [0.3, 0.4) is 0 Å². The van der Waals surface area contributed by atoms with Crippen molar-refractivity contribution in [3.8, 4) is 22.5 Å². The van der Waals surface area contributed by atoms with Gasteiger partial charge in [0, 0.05) is 29.7 Å². The number of rotatable bonds is 2. The molecule has 0 bridgehead atoms. The molecule has 0 radical (unpaired) electrons. The molecule has 0 aliphatic carbocycles. The number of halogens is 3. The van der Waals surface area contributed by atoms with Crippen LogP contribution in [0.25, 0.3) is 22.5 Å². The number of aromatic nitrogens is 5. The predicted octanol–water partition coefficient (Wildman–Crippen LogP) is 2.60. The first-order valence-corrected chi connectivity index (χ1v) is 6.37. The minimum Gasteiger partial charge on any atom is -0.368 e. The molecule has 0 saturated heterocycles. The monoisotopic (exact) mass is 318 g/mol. The molecule has 0 aromatic carbocycles. The summed E-state index contributed by atoms with van der Waals surface area (Å²) in [7, 11) is 0. The summed E-state index contributed by atoms with van der Waals surface area (Å²) in [5.74, 6) is -0.00213. The summed E-state index contributed by atoms with van der Waals surface area (Å²) in [5.41, 5.74) is 6.37. The largest absolute Gasteiger partial charge is 0.433 e. The molecule has 0 amide bonds. The van der Waals surface area contributed by atoms with Crippen LogP contribution >= 0.6 is 0 Å². The summed E-state index contributed by atoms with van der Waals surface area (Å²) in [4.78, 5) is 19.3. The van der Waals surface area contributed by atoms with Crippen molar-refractivity contribution in [2.45, 2.75) is 6.18 Å². The van der Waals surface area contributed by atoms with Gasteiger partial charge in [0.25, 0.3) is 0 Å². The molecule has 23 heavy (non-hydrogen) atoms. The third-order valence-electron chi connectivity index (χ3n) is 2.99. The highest BCUT2D eigenvalue weighted by Crippen LogP contribution is 2.31. The fourth-order valence-corrected chi connectivity index (χ4v) is 1.95. The topological polar surface area (TPSA) is 90.5 Å². The van der Waals surface area contributed by atoms with Crippen molar-refractivity contribution >= 4 is 5.95 Å². The number of hydrogen-bond acceptors (Lipinski definition) is 6. The van der Waals surface area contributed by atoms with Crippen molar-refractivity contribution in [2.24, 2.45) is 0 Å². The molecular weight excluding hydrogens is 309 g/mol. The van der Waals surface area contributed by atoms with Crippen molar-refractivity contribution in [1.82, 2.24) is 24.9 Å². The van der Waals surface area contributed by atoms with Crippen LogP contribution in [0.4, 0.5) is 19.1 Å². The first kappa shape index (κ1) is 14.8. The van der Waals surface area contributed by atoms with Gasteiger partial charge in [0.05, 0.1) is 11.4 Å². The summed E-state index contributed by atoms with van der Waals surface area (Å²) >= 11 is 0. The second kappa shape index (κ2) is 5.59. The first-order chi connectivity index (χ1) is 10.9. The molecular formula is C14H9F3N6. The molecule has 3 heterocycles. The summed E-state index contributed by atoms with van der Waals surface area (Å²) in [6.45, 7) is 0. The quantitative estimate of drug-likeness (QED) is 0.781. The Morgan fingerprint density at radius 2 is 1.78 bits per heavy atom. The lowest BCUT2D eigenvalue weighted by Crippen LogP contribution is -2.07. The lowest BCUT2D eigenvalue weighted by Gasteiger charge is -2.10. The maximum atomic E-state index is 12.6. The van der Waals surface area contributed by atoms with Crippen LogP contribution in [0.5, 0.6) is 0 Å². The van der Waals surface area contributed by atoms with Gasteiger partial charge in [0.1, 0.15) is 12.0 Å². The molecule has 0 unspecified atom stereocenters. The summed E-state index contributed by atoms with van der Waals surface area (Å²) in [6.07, 6.45) is 0.930. The first-order valence-electron chi connectivity index (χ1n) is 6.37. The van der Waals surface area contributed by atoms with Gasteiger partial charge < -0.3 is 5.73 Å². The zero-order chi connectivity index (χ0) is 16.4. The van der Waals surface area contributed by atoms with E-state index in [0.29, 0.717) is 22.5 Å². The molecule has 3 rings (SSSR count). The van der Waals surface area contributed by atoms with E-state index in [9.17, 15) is 13.2 Å². The van der Waals surface area contributed by atoms with Crippen LogP contribution < -0.4 is 5.73 Å². The van der Waals surface area contributed by atoms with Crippen molar-refractivity contribution in [3.63, 3.8) is 0 Å². The van der Waals surface area contributed by atoms with Gasteiger partial charge in [0.2, 0.25) is 5.95 Å². The molecule has 6 nitrogen and oxygen atoms in total. The Labute approximate surface area is 128 Å². The summed E-state index contributed by atoms with van der Waals surface area (Å²) in [5, 5.41) is 0. The van der Waals surface area contributed by atoms with E-state index in [-0.39, 0.29) is 5.95 Å². The van der Waals surface area contributed by atoms with Gasteiger partial charge in [-0.1, -0.05) is 0 Å². The van der Waals surface area contributed by atoms with Crippen molar-refractivity contribution in [2.75, 3.05) is 5.73 Å². The molecule has 0 aliphatic rings. The number of anilines is 1. The highest BCUT2D eigenvalue weighted by atomic mass is 19.4. The molecule has 0 aliphatic heterocycles. The molecule has 3 aromatic rings. The Balaban J connectivity index is 2.11. The molecule has 0 saturated carbocycles. The SMILES string of the molecule is Nc1ncc(-c2ccncn2)c(-c2ccc(C(F)(F)F)nc2)n1. The molecule has 3 aromatic heterocycles. The van der Waals surface area contributed by atoms with Crippen LogP contribution in [0, 0.1) is 0 Å². The lowest BCUT2D eigenvalue weighted by molar-refractivity contribution is -0.141. The molecule has 0 fully saturated rings. The van der Waals surface area contributed by atoms with Crippen LogP contribution in [-0.4, -0.2) is 24.9 Å². The molecule has 0 atom stereocenters. The van der Waals surface area contributed by atoms with Gasteiger partial charge in [-0.2, -0.15) is 13.2 Å². The summed E-state index contributed by atoms with van der Waals surface area (Å²) < 4.78 is 37.8. The smallest absolute Gasteiger partial charge is 0.368 e. The van der Waals surface area contributed by atoms with Gasteiger partial charge in [0.15, 0.2) is 0 Å². The van der Waals surface area contributed by atoms with Gasteiger partial charge >= 0.3 is 6.18 Å². The molecule has 0 spiro atoms. The predicted molar refractivity (Wildman–Crippen MR) is 75.7 cm³/mol. The normalized spacial score (nSPS) is 11.4. The number of alkyl halides is 3. The maximum Gasteiger partial charge on any atom is 0.433 e. The fraction of sp³-hybridized carbons (Fsp3) is 0.0714. The number of pyridine rings is 1. The maximum absolute atomic E-state index is 12.6. The van der Waals surface area contributed by atoms with Crippen LogP contribution in [0.15, 0.2) is 43.1 Å². The Morgan fingerprint density at radius 3 is 2.39 bits per heavy atom. The van der Waals surface area contributed by atoms with Crippen molar-refractivity contribution < 1.29 is 13.2 Å². The molecule has 116 valence electrons. The zero-order valence-corrected chi connectivity index (χ0v) is 11.5. The van der Waals surface area contributed by atoms with Crippen molar-refractivity contribution in [3.05, 3.63) is 48.8 Å². The van der Waals surface area contributed by atoms with Gasteiger partial charge in [-0.25, -0.2) is 19.9 Å².